The van der Waals surface area contributed by atoms with Crippen LogP contribution in [0.1, 0.15) is 39.3 Å². The fourth-order valence-corrected chi connectivity index (χ4v) is 4.54. The zero-order chi connectivity index (χ0) is 19.9. The zero-order valence-corrected chi connectivity index (χ0v) is 17.8. The number of rotatable bonds is 4. The molecule has 1 fully saturated rings. The van der Waals surface area contributed by atoms with E-state index in [1.54, 1.807) is 30.0 Å². The molecule has 1 aromatic rings. The number of fused-ring (bicyclic) bond motifs is 1. The summed E-state index contributed by atoms with van der Waals surface area (Å²) in [6.07, 6.45) is 0. The number of nitrogens with zero attached hydrogens (tertiary/aromatic N) is 2. The number of ether oxygens (including phenoxy) is 1. The van der Waals surface area contributed by atoms with Gasteiger partial charge in [0.2, 0.25) is 5.91 Å². The summed E-state index contributed by atoms with van der Waals surface area (Å²) in [7, 11) is 0. The lowest BCUT2D eigenvalue weighted by Gasteiger charge is -2.33. The van der Waals surface area contributed by atoms with E-state index in [9.17, 15) is 9.59 Å². The predicted molar refractivity (Wildman–Crippen MR) is 109 cm³/mol. The third kappa shape index (κ3) is 3.89. The molecule has 2 aliphatic rings. The largest absolute Gasteiger partial charge is 0.462 e. The second-order valence-electron chi connectivity index (χ2n) is 6.92. The first-order chi connectivity index (χ1) is 12.7. The molecule has 0 saturated carbocycles. The van der Waals surface area contributed by atoms with E-state index in [2.05, 4.69) is 4.99 Å². The van der Waals surface area contributed by atoms with E-state index < -0.39 is 12.0 Å². The second kappa shape index (κ2) is 7.86. The number of allylic oxidation sites excluding steroid dienone is 1. The molecule has 0 bridgehead atoms. The minimum absolute atomic E-state index is 0.114. The molecule has 0 aliphatic carbocycles. The molecule has 27 heavy (non-hydrogen) atoms. The number of aliphatic imine (C=N–C) groups is 1. The normalized spacial score (nSPS) is 22.3. The van der Waals surface area contributed by atoms with Gasteiger partial charge in [0, 0.05) is 10.0 Å². The Bertz CT molecular complexity index is 867. The summed E-state index contributed by atoms with van der Waals surface area (Å²) >= 11 is 13.8. The van der Waals surface area contributed by atoms with E-state index in [4.69, 9.17) is 27.9 Å². The van der Waals surface area contributed by atoms with Gasteiger partial charge in [-0.3, -0.25) is 9.69 Å². The number of hydrogen-bond acceptors (Lipinski definition) is 5. The number of amides is 1. The minimum Gasteiger partial charge on any atom is -0.462 e. The van der Waals surface area contributed by atoms with Crippen molar-refractivity contribution < 1.29 is 14.3 Å². The summed E-state index contributed by atoms with van der Waals surface area (Å²) in [5.41, 5.74) is 1.47. The number of thioether (sulfide) groups is 1. The van der Waals surface area contributed by atoms with Crippen LogP contribution >= 0.6 is 35.0 Å². The Kier molecular flexibility index (Phi) is 5.89. The molecule has 2 heterocycles. The summed E-state index contributed by atoms with van der Waals surface area (Å²) in [5, 5.41) is 1.15. The maximum Gasteiger partial charge on any atom is 0.338 e. The van der Waals surface area contributed by atoms with E-state index in [0.29, 0.717) is 32.0 Å². The summed E-state index contributed by atoms with van der Waals surface area (Å²) in [6.45, 7) is 7.77. The third-order valence-electron chi connectivity index (χ3n) is 4.28. The fraction of sp³-hybridized carbons (Fsp3) is 0.421. The Morgan fingerprint density at radius 2 is 2.07 bits per heavy atom. The highest BCUT2D eigenvalue weighted by atomic mass is 35.5. The van der Waals surface area contributed by atoms with Crippen LogP contribution in [0.15, 0.2) is 34.5 Å². The van der Waals surface area contributed by atoms with Crippen molar-refractivity contribution in [2.24, 2.45) is 10.9 Å². The third-order valence-corrected chi connectivity index (χ3v) is 5.90. The number of amidine groups is 1. The van der Waals surface area contributed by atoms with Gasteiger partial charge in [0.25, 0.3) is 0 Å². The van der Waals surface area contributed by atoms with Crippen molar-refractivity contribution in [3.8, 4) is 0 Å². The number of halogens is 2. The first-order valence-corrected chi connectivity index (χ1v) is 10.3. The van der Waals surface area contributed by atoms with E-state index in [0.717, 1.165) is 0 Å². The lowest BCUT2D eigenvalue weighted by molar-refractivity contribution is -0.141. The van der Waals surface area contributed by atoms with Crippen molar-refractivity contribution in [2.75, 3.05) is 6.61 Å². The summed E-state index contributed by atoms with van der Waals surface area (Å²) in [6, 6.07) is 4.35. The quantitative estimate of drug-likeness (QED) is 0.646. The molecule has 0 N–H and O–H groups in total. The summed E-state index contributed by atoms with van der Waals surface area (Å²) in [4.78, 5) is 31.7. The van der Waals surface area contributed by atoms with Gasteiger partial charge in [-0.25, -0.2) is 9.79 Å². The smallest absolute Gasteiger partial charge is 0.338 e. The summed E-state index contributed by atoms with van der Waals surface area (Å²) < 4.78 is 5.46. The van der Waals surface area contributed by atoms with Gasteiger partial charge >= 0.3 is 5.97 Å². The lowest BCUT2D eigenvalue weighted by Crippen LogP contribution is -2.40. The number of benzene rings is 1. The highest BCUT2D eigenvalue weighted by Crippen LogP contribution is 2.45. The Labute approximate surface area is 172 Å². The fourth-order valence-electron chi connectivity index (χ4n) is 3.00. The molecule has 2 aliphatic heterocycles. The summed E-state index contributed by atoms with van der Waals surface area (Å²) in [5.74, 6) is -0.409. The average molecular weight is 427 g/mol. The molecule has 5 nitrogen and oxygen atoms in total. The van der Waals surface area contributed by atoms with Crippen molar-refractivity contribution in [3.05, 3.63) is 45.1 Å². The molecule has 0 spiro atoms. The van der Waals surface area contributed by atoms with Crippen LogP contribution in [-0.2, 0) is 14.3 Å². The Balaban J connectivity index is 2.12. The SMILES string of the molecule is CC1=C(C(=O)OCC(C)C)C(c2ccc(Cl)cc2Cl)N2C(=O)C(C)SC2=N1. The van der Waals surface area contributed by atoms with Crippen LogP contribution in [0.3, 0.4) is 0 Å². The molecule has 1 amide bonds. The van der Waals surface area contributed by atoms with E-state index in [1.807, 2.05) is 20.8 Å². The standard InChI is InChI=1S/C19H20Cl2N2O3S/c1-9(2)8-26-18(25)15-10(3)22-19-23(17(24)11(4)27-19)16(15)13-6-5-12(20)7-14(13)21/h5-7,9,11,16H,8H2,1-4H3. The second-order valence-corrected chi connectivity index (χ2v) is 9.07. The predicted octanol–water partition coefficient (Wildman–Crippen LogP) is 4.84. The van der Waals surface area contributed by atoms with Crippen LogP contribution in [0.4, 0.5) is 0 Å². The molecule has 0 radical (unpaired) electrons. The topological polar surface area (TPSA) is 59.0 Å². The Hall–Kier alpha value is -1.50. The molecule has 144 valence electrons. The minimum atomic E-state index is -0.688. The average Bonchev–Trinajstić information content (AvgIpc) is 2.86. The van der Waals surface area contributed by atoms with Gasteiger partial charge in [-0.05, 0) is 37.5 Å². The molecule has 2 unspecified atom stereocenters. The van der Waals surface area contributed by atoms with Crippen molar-refractivity contribution >= 4 is 52.0 Å². The maximum atomic E-state index is 12.9. The van der Waals surface area contributed by atoms with Crippen LogP contribution in [0, 0.1) is 5.92 Å². The Morgan fingerprint density at radius 1 is 1.37 bits per heavy atom. The zero-order valence-electron chi connectivity index (χ0n) is 15.5. The van der Waals surface area contributed by atoms with Gasteiger partial charge in [-0.15, -0.1) is 0 Å². The monoisotopic (exact) mass is 426 g/mol. The maximum absolute atomic E-state index is 12.9. The molecule has 3 rings (SSSR count). The van der Waals surface area contributed by atoms with E-state index in [1.165, 1.54) is 11.8 Å². The van der Waals surface area contributed by atoms with Crippen LogP contribution in [-0.4, -0.2) is 33.8 Å². The molecule has 1 saturated heterocycles. The molecule has 0 aromatic heterocycles. The van der Waals surface area contributed by atoms with Gasteiger partial charge in [-0.2, -0.15) is 0 Å². The molecule has 8 heteroatoms. The number of hydrogen-bond donors (Lipinski definition) is 0. The molecular formula is C19H20Cl2N2O3S. The molecule has 2 atom stereocenters. The van der Waals surface area contributed by atoms with Gasteiger partial charge in [0.05, 0.1) is 29.2 Å². The highest BCUT2D eigenvalue weighted by molar-refractivity contribution is 8.15. The van der Waals surface area contributed by atoms with Crippen molar-refractivity contribution in [1.82, 2.24) is 4.90 Å². The van der Waals surface area contributed by atoms with Gasteiger partial charge in [0.15, 0.2) is 5.17 Å². The van der Waals surface area contributed by atoms with Gasteiger partial charge in [0.1, 0.15) is 0 Å². The first kappa shape index (κ1) is 20.2. The van der Waals surface area contributed by atoms with Gasteiger partial charge < -0.3 is 4.74 Å². The van der Waals surface area contributed by atoms with Crippen molar-refractivity contribution in [1.29, 1.82) is 0 Å². The number of carbonyl (C=O) groups excluding carboxylic acids is 2. The van der Waals surface area contributed by atoms with Crippen LogP contribution < -0.4 is 0 Å². The first-order valence-electron chi connectivity index (χ1n) is 8.62. The van der Waals surface area contributed by atoms with Crippen LogP contribution in [0.5, 0.6) is 0 Å². The van der Waals surface area contributed by atoms with E-state index >= 15 is 0 Å². The van der Waals surface area contributed by atoms with E-state index in [-0.39, 0.29) is 23.7 Å². The molecular weight excluding hydrogens is 407 g/mol. The highest BCUT2D eigenvalue weighted by Gasteiger charge is 2.46. The lowest BCUT2D eigenvalue weighted by atomic mass is 9.94. The van der Waals surface area contributed by atoms with Crippen molar-refractivity contribution in [2.45, 2.75) is 39.0 Å². The Morgan fingerprint density at radius 3 is 2.70 bits per heavy atom. The van der Waals surface area contributed by atoms with Crippen molar-refractivity contribution in [3.63, 3.8) is 0 Å². The molecule has 1 aromatic carbocycles. The number of carbonyl (C=O) groups is 2. The van der Waals surface area contributed by atoms with Gasteiger partial charge in [-0.1, -0.05) is 54.9 Å². The van der Waals surface area contributed by atoms with Crippen LogP contribution in [0.2, 0.25) is 10.0 Å². The van der Waals surface area contributed by atoms with Crippen LogP contribution in [0.25, 0.3) is 0 Å². The number of esters is 1.